The number of carbonyl (C=O) groups excluding carboxylic acids is 4. The molecule has 4 amide bonds. The van der Waals surface area contributed by atoms with Crippen LogP contribution in [0.1, 0.15) is 31.4 Å². The number of imidazole rings is 1. The molecule has 198 valence electrons. The summed E-state index contributed by atoms with van der Waals surface area (Å²) in [4.78, 5) is 88.7. The maximum absolute atomic E-state index is 12.7. The number of aromatic amines is 1. The van der Waals surface area contributed by atoms with Crippen molar-refractivity contribution < 1.29 is 48.9 Å². The van der Waals surface area contributed by atoms with Crippen molar-refractivity contribution in [2.24, 2.45) is 11.5 Å². The second-order valence-electron chi connectivity index (χ2n) is 7.61. The molecule has 17 heteroatoms. The van der Waals surface area contributed by atoms with Crippen molar-refractivity contribution in [3.8, 4) is 0 Å². The summed E-state index contributed by atoms with van der Waals surface area (Å²) in [6.07, 6.45) is -0.0402. The standard InChI is InChI=1S/C19H27N7O10/c20-9(3-8-6-22-7-23-8)16(32)25-11(4-14(28)29)18(34)26-12(5-15(30)31)17(33)24-10(19(35)36)1-2-13(21)27/h6-7,9-12H,1-5,20H2,(H2,21,27)(H,22,23)(H,24,33)(H,25,32)(H,26,34)(H,28,29)(H,30,31)(H,35,36). The number of carboxylic acid groups (broad SMARTS) is 3. The lowest BCUT2D eigenvalue weighted by Crippen LogP contribution is -2.58. The number of carbonyl (C=O) groups is 7. The number of carboxylic acids is 3. The van der Waals surface area contributed by atoms with Crippen LogP contribution in [0.5, 0.6) is 0 Å². The van der Waals surface area contributed by atoms with E-state index in [9.17, 15) is 38.7 Å². The molecule has 0 fully saturated rings. The fourth-order valence-corrected chi connectivity index (χ4v) is 2.86. The van der Waals surface area contributed by atoms with Gasteiger partial charge >= 0.3 is 17.9 Å². The minimum atomic E-state index is -1.85. The van der Waals surface area contributed by atoms with Crippen molar-refractivity contribution in [1.29, 1.82) is 0 Å². The Morgan fingerprint density at radius 2 is 1.36 bits per heavy atom. The summed E-state index contributed by atoms with van der Waals surface area (Å²) in [6, 6.07) is -6.45. The van der Waals surface area contributed by atoms with Crippen LogP contribution in [-0.4, -0.2) is 91.0 Å². The van der Waals surface area contributed by atoms with Gasteiger partial charge in [0, 0.05) is 24.7 Å². The van der Waals surface area contributed by atoms with Gasteiger partial charge in [0.2, 0.25) is 23.6 Å². The van der Waals surface area contributed by atoms with Gasteiger partial charge in [0.05, 0.1) is 25.2 Å². The molecule has 0 saturated carbocycles. The van der Waals surface area contributed by atoms with E-state index in [1.165, 1.54) is 12.5 Å². The number of primary amides is 1. The van der Waals surface area contributed by atoms with Crippen LogP contribution >= 0.6 is 0 Å². The van der Waals surface area contributed by atoms with Gasteiger partial charge in [-0.1, -0.05) is 0 Å². The van der Waals surface area contributed by atoms with Crippen molar-refractivity contribution in [2.75, 3.05) is 0 Å². The molecule has 0 aliphatic rings. The molecule has 4 unspecified atom stereocenters. The number of hydrogen-bond donors (Lipinski definition) is 9. The molecule has 0 spiro atoms. The third-order valence-electron chi connectivity index (χ3n) is 4.65. The van der Waals surface area contributed by atoms with E-state index in [4.69, 9.17) is 21.7 Å². The van der Waals surface area contributed by atoms with E-state index in [1.54, 1.807) is 0 Å². The Hall–Kier alpha value is -4.54. The Labute approximate surface area is 203 Å². The van der Waals surface area contributed by atoms with Gasteiger partial charge in [0.15, 0.2) is 0 Å². The number of aliphatic carboxylic acids is 3. The molecular formula is C19H27N7O10. The molecule has 0 saturated heterocycles. The van der Waals surface area contributed by atoms with Crippen LogP contribution in [0.15, 0.2) is 12.5 Å². The van der Waals surface area contributed by atoms with E-state index in [-0.39, 0.29) is 6.42 Å². The average Bonchev–Trinajstić information content (AvgIpc) is 3.27. The molecule has 36 heavy (non-hydrogen) atoms. The minimum absolute atomic E-state index is 0.0286. The SMILES string of the molecule is NC(=O)CCC(NC(=O)C(CC(=O)O)NC(=O)C(CC(=O)O)NC(=O)C(N)Cc1cnc[nH]1)C(=O)O. The zero-order chi connectivity index (χ0) is 27.4. The Bertz CT molecular complexity index is 981. The predicted molar refractivity (Wildman–Crippen MR) is 117 cm³/mol. The van der Waals surface area contributed by atoms with Gasteiger partial charge in [-0.15, -0.1) is 0 Å². The lowest BCUT2D eigenvalue weighted by atomic mass is 10.1. The number of H-pyrrole nitrogens is 1. The molecule has 4 atom stereocenters. The number of aromatic nitrogens is 2. The molecule has 17 nitrogen and oxygen atoms in total. The number of rotatable bonds is 16. The van der Waals surface area contributed by atoms with Crippen LogP contribution < -0.4 is 27.4 Å². The van der Waals surface area contributed by atoms with E-state index < -0.39 is 91.4 Å². The summed E-state index contributed by atoms with van der Waals surface area (Å²) < 4.78 is 0. The van der Waals surface area contributed by atoms with Crippen LogP contribution in [0.4, 0.5) is 0 Å². The first-order chi connectivity index (χ1) is 16.8. The van der Waals surface area contributed by atoms with Gasteiger partial charge in [-0.25, -0.2) is 9.78 Å². The van der Waals surface area contributed by atoms with Gasteiger partial charge in [0.1, 0.15) is 18.1 Å². The quantitative estimate of drug-likeness (QED) is 0.102. The maximum atomic E-state index is 12.7. The van der Waals surface area contributed by atoms with E-state index in [0.29, 0.717) is 5.69 Å². The lowest BCUT2D eigenvalue weighted by molar-refractivity contribution is -0.145. The smallest absolute Gasteiger partial charge is 0.326 e. The molecule has 0 aliphatic carbocycles. The minimum Gasteiger partial charge on any atom is -0.481 e. The summed E-state index contributed by atoms with van der Waals surface area (Å²) in [7, 11) is 0. The van der Waals surface area contributed by atoms with Gasteiger partial charge in [0.25, 0.3) is 0 Å². The summed E-state index contributed by atoms with van der Waals surface area (Å²) in [5.74, 6) is -8.84. The first kappa shape index (κ1) is 29.5. The number of nitrogens with one attached hydrogen (secondary N) is 4. The normalized spacial score (nSPS) is 13.9. The molecule has 1 aromatic rings. The second-order valence-corrected chi connectivity index (χ2v) is 7.61. The monoisotopic (exact) mass is 513 g/mol. The number of amides is 4. The van der Waals surface area contributed by atoms with Crippen molar-refractivity contribution in [3.63, 3.8) is 0 Å². The largest absolute Gasteiger partial charge is 0.481 e. The Morgan fingerprint density at radius 1 is 0.861 bits per heavy atom. The van der Waals surface area contributed by atoms with Crippen LogP contribution in [0.3, 0.4) is 0 Å². The second kappa shape index (κ2) is 14.0. The molecule has 1 heterocycles. The van der Waals surface area contributed by atoms with Crippen molar-refractivity contribution in [1.82, 2.24) is 25.9 Å². The zero-order valence-electron chi connectivity index (χ0n) is 18.8. The molecule has 0 radical (unpaired) electrons. The maximum Gasteiger partial charge on any atom is 0.326 e. The van der Waals surface area contributed by atoms with E-state index in [2.05, 4.69) is 15.3 Å². The van der Waals surface area contributed by atoms with Gasteiger partial charge in [-0.2, -0.15) is 0 Å². The van der Waals surface area contributed by atoms with E-state index in [1.807, 2.05) is 10.6 Å². The highest BCUT2D eigenvalue weighted by Crippen LogP contribution is 2.04. The summed E-state index contributed by atoms with van der Waals surface area (Å²) in [5, 5.41) is 33.5. The van der Waals surface area contributed by atoms with Gasteiger partial charge in [-0.3, -0.25) is 28.8 Å². The van der Waals surface area contributed by atoms with Gasteiger partial charge < -0.3 is 47.7 Å². The predicted octanol–water partition coefficient (Wildman–Crippen LogP) is -3.97. The third-order valence-corrected chi connectivity index (χ3v) is 4.65. The van der Waals surface area contributed by atoms with Crippen molar-refractivity contribution in [2.45, 2.75) is 56.3 Å². The highest BCUT2D eigenvalue weighted by Gasteiger charge is 2.32. The van der Waals surface area contributed by atoms with Crippen LogP contribution in [0.2, 0.25) is 0 Å². The van der Waals surface area contributed by atoms with Crippen LogP contribution in [0, 0.1) is 0 Å². The Morgan fingerprint density at radius 3 is 1.78 bits per heavy atom. The number of hydrogen-bond acceptors (Lipinski definition) is 9. The first-order valence-electron chi connectivity index (χ1n) is 10.4. The summed E-state index contributed by atoms with van der Waals surface area (Å²) in [6.45, 7) is 0. The lowest BCUT2D eigenvalue weighted by Gasteiger charge is -2.24. The molecule has 1 aromatic heterocycles. The molecule has 11 N–H and O–H groups in total. The highest BCUT2D eigenvalue weighted by atomic mass is 16.4. The molecule has 1 rings (SSSR count). The molecule has 0 aromatic carbocycles. The Kier molecular flexibility index (Phi) is 11.5. The topological polar surface area (TPSA) is 297 Å². The fraction of sp³-hybridized carbons (Fsp3) is 0.474. The fourth-order valence-electron chi connectivity index (χ4n) is 2.86. The highest BCUT2D eigenvalue weighted by molar-refractivity contribution is 5.97. The van der Waals surface area contributed by atoms with Crippen LogP contribution in [0.25, 0.3) is 0 Å². The summed E-state index contributed by atoms with van der Waals surface area (Å²) in [5.41, 5.74) is 11.2. The zero-order valence-corrected chi connectivity index (χ0v) is 18.8. The van der Waals surface area contributed by atoms with E-state index >= 15 is 0 Å². The number of nitrogens with zero attached hydrogens (tertiary/aromatic N) is 1. The molecule has 0 bridgehead atoms. The summed E-state index contributed by atoms with van der Waals surface area (Å²) >= 11 is 0. The van der Waals surface area contributed by atoms with Gasteiger partial charge in [-0.05, 0) is 6.42 Å². The average molecular weight is 513 g/mol. The van der Waals surface area contributed by atoms with Crippen molar-refractivity contribution >= 4 is 41.5 Å². The van der Waals surface area contributed by atoms with Crippen molar-refractivity contribution in [3.05, 3.63) is 18.2 Å². The molecular weight excluding hydrogens is 486 g/mol. The Balaban J connectivity index is 2.96. The third kappa shape index (κ3) is 10.6. The van der Waals surface area contributed by atoms with E-state index in [0.717, 1.165) is 0 Å². The van der Waals surface area contributed by atoms with Crippen LogP contribution in [-0.2, 0) is 40.0 Å². The number of nitrogens with two attached hydrogens (primary N) is 2. The first-order valence-corrected chi connectivity index (χ1v) is 10.4. The molecule has 0 aliphatic heterocycles.